The van der Waals surface area contributed by atoms with Gasteiger partial charge in [-0.15, -0.1) is 0 Å². The Labute approximate surface area is 237 Å². The summed E-state index contributed by atoms with van der Waals surface area (Å²) < 4.78 is 5.56. The maximum atomic E-state index is 13.6. The van der Waals surface area contributed by atoms with Crippen LogP contribution >= 0.6 is 0 Å². The monoisotopic (exact) mass is 548 g/mol. The lowest BCUT2D eigenvalue weighted by Gasteiger charge is -2.22. The Morgan fingerprint density at radius 1 is 0.756 bits per heavy atom. The third-order valence-corrected chi connectivity index (χ3v) is 7.29. The van der Waals surface area contributed by atoms with Gasteiger partial charge in [0.15, 0.2) is 0 Å². The standard InChI is InChI=1S/C33H32N4O4/c1-21-9-2-3-11-23(21)17-29(31(34)38)36-32(39)30(18-25-19-35-28-16-7-6-15-27(25)28)37-33(40)41-20-24-13-8-12-22-10-4-5-14-26(22)24/h2-16,19,29-30,35H,17-18,20H2,1H3,(H2,34,38)(H,36,39)(H,37,40)/t29-,30+/m1/s1. The van der Waals surface area contributed by atoms with Gasteiger partial charge in [0, 0.05) is 29.9 Å². The minimum Gasteiger partial charge on any atom is -0.445 e. The zero-order valence-corrected chi connectivity index (χ0v) is 22.7. The van der Waals surface area contributed by atoms with Crippen molar-refractivity contribution in [3.05, 3.63) is 119 Å². The number of amides is 3. The van der Waals surface area contributed by atoms with E-state index in [0.717, 1.165) is 43.9 Å². The van der Waals surface area contributed by atoms with E-state index in [1.165, 1.54) is 0 Å². The average Bonchev–Trinajstić information content (AvgIpc) is 3.39. The molecular formula is C33H32N4O4. The number of aromatic amines is 1. The number of aryl methyl sites for hydroxylation is 1. The fourth-order valence-electron chi connectivity index (χ4n) is 5.03. The number of ether oxygens (including phenoxy) is 1. The minimum absolute atomic E-state index is 0.0335. The quantitative estimate of drug-likeness (QED) is 0.202. The molecule has 208 valence electrons. The second-order valence-electron chi connectivity index (χ2n) is 10.1. The van der Waals surface area contributed by atoms with E-state index in [-0.39, 0.29) is 19.4 Å². The lowest BCUT2D eigenvalue weighted by Crippen LogP contribution is -2.54. The summed E-state index contributed by atoms with van der Waals surface area (Å²) in [5.41, 5.74) is 10.2. The maximum absolute atomic E-state index is 13.6. The van der Waals surface area contributed by atoms with E-state index in [1.54, 1.807) is 0 Å². The molecule has 41 heavy (non-hydrogen) atoms. The number of carbonyl (C=O) groups is 3. The molecular weight excluding hydrogens is 516 g/mol. The average molecular weight is 549 g/mol. The van der Waals surface area contributed by atoms with Crippen LogP contribution in [0.25, 0.3) is 21.7 Å². The first-order chi connectivity index (χ1) is 19.9. The highest BCUT2D eigenvalue weighted by atomic mass is 16.5. The number of aromatic nitrogens is 1. The number of alkyl carbamates (subject to hydrolysis) is 1. The van der Waals surface area contributed by atoms with E-state index in [1.807, 2.05) is 104 Å². The molecule has 5 aromatic rings. The molecule has 0 fully saturated rings. The molecule has 0 saturated carbocycles. The Kier molecular flexibility index (Phi) is 8.29. The van der Waals surface area contributed by atoms with Crippen molar-refractivity contribution in [2.75, 3.05) is 0 Å². The van der Waals surface area contributed by atoms with Crippen LogP contribution in [0.5, 0.6) is 0 Å². The second kappa shape index (κ2) is 12.4. The van der Waals surface area contributed by atoms with Gasteiger partial charge < -0.3 is 26.1 Å². The van der Waals surface area contributed by atoms with Crippen molar-refractivity contribution < 1.29 is 19.1 Å². The molecule has 8 nitrogen and oxygen atoms in total. The van der Waals surface area contributed by atoms with Crippen LogP contribution in [-0.2, 0) is 33.8 Å². The first kappa shape index (κ1) is 27.5. The molecule has 0 bridgehead atoms. The number of para-hydroxylation sites is 1. The highest BCUT2D eigenvalue weighted by molar-refractivity contribution is 5.92. The van der Waals surface area contributed by atoms with Crippen molar-refractivity contribution in [1.82, 2.24) is 15.6 Å². The number of rotatable bonds is 10. The molecule has 1 heterocycles. The largest absolute Gasteiger partial charge is 0.445 e. The first-order valence-electron chi connectivity index (χ1n) is 13.5. The van der Waals surface area contributed by atoms with E-state index in [0.29, 0.717) is 0 Å². The number of benzene rings is 4. The van der Waals surface area contributed by atoms with Gasteiger partial charge in [0.25, 0.3) is 0 Å². The van der Waals surface area contributed by atoms with Gasteiger partial charge in [0.2, 0.25) is 11.8 Å². The van der Waals surface area contributed by atoms with Crippen LogP contribution in [-0.4, -0.2) is 35.0 Å². The molecule has 2 atom stereocenters. The topological polar surface area (TPSA) is 126 Å². The highest BCUT2D eigenvalue weighted by Crippen LogP contribution is 2.21. The van der Waals surface area contributed by atoms with Gasteiger partial charge in [-0.05, 0) is 46.0 Å². The summed E-state index contributed by atoms with van der Waals surface area (Å²) >= 11 is 0. The molecule has 0 saturated heterocycles. The summed E-state index contributed by atoms with van der Waals surface area (Å²) in [5, 5.41) is 8.43. The number of fused-ring (bicyclic) bond motifs is 2. The number of nitrogens with one attached hydrogen (secondary N) is 3. The zero-order valence-electron chi connectivity index (χ0n) is 22.7. The molecule has 3 amide bonds. The number of hydrogen-bond acceptors (Lipinski definition) is 4. The van der Waals surface area contributed by atoms with Gasteiger partial charge in [0.05, 0.1) is 0 Å². The van der Waals surface area contributed by atoms with Gasteiger partial charge in [-0.2, -0.15) is 0 Å². The fourth-order valence-corrected chi connectivity index (χ4v) is 5.03. The highest BCUT2D eigenvalue weighted by Gasteiger charge is 2.28. The SMILES string of the molecule is Cc1ccccc1C[C@@H](NC(=O)[C@H](Cc1c[nH]c2ccccc12)NC(=O)OCc1cccc2ccccc12)C(N)=O. The molecule has 0 aliphatic carbocycles. The van der Waals surface area contributed by atoms with Crippen molar-refractivity contribution in [1.29, 1.82) is 0 Å². The molecule has 5 N–H and O–H groups in total. The van der Waals surface area contributed by atoms with E-state index >= 15 is 0 Å². The van der Waals surface area contributed by atoms with E-state index in [9.17, 15) is 14.4 Å². The van der Waals surface area contributed by atoms with Crippen molar-refractivity contribution in [3.63, 3.8) is 0 Å². The van der Waals surface area contributed by atoms with E-state index in [4.69, 9.17) is 10.5 Å². The van der Waals surface area contributed by atoms with Crippen LogP contribution in [0.2, 0.25) is 0 Å². The predicted octanol–water partition coefficient (Wildman–Crippen LogP) is 4.68. The van der Waals surface area contributed by atoms with Gasteiger partial charge in [-0.1, -0.05) is 84.9 Å². The van der Waals surface area contributed by atoms with Crippen LogP contribution in [0.3, 0.4) is 0 Å². The number of carbonyl (C=O) groups excluding carboxylic acids is 3. The number of hydrogen-bond donors (Lipinski definition) is 4. The lowest BCUT2D eigenvalue weighted by molar-refractivity contribution is -0.128. The van der Waals surface area contributed by atoms with Crippen LogP contribution in [0.1, 0.15) is 22.3 Å². The van der Waals surface area contributed by atoms with Crippen molar-refractivity contribution in [2.45, 2.75) is 38.5 Å². The Bertz CT molecular complexity index is 1700. The second-order valence-corrected chi connectivity index (χ2v) is 10.1. The van der Waals surface area contributed by atoms with Gasteiger partial charge in [-0.3, -0.25) is 9.59 Å². The van der Waals surface area contributed by atoms with Gasteiger partial charge >= 0.3 is 6.09 Å². The van der Waals surface area contributed by atoms with E-state index in [2.05, 4.69) is 15.6 Å². The normalized spacial score (nSPS) is 12.5. The Morgan fingerprint density at radius 2 is 1.41 bits per heavy atom. The number of primary amides is 1. The summed E-state index contributed by atoms with van der Waals surface area (Å²) in [5.74, 6) is -1.19. The molecule has 5 rings (SSSR count). The summed E-state index contributed by atoms with van der Waals surface area (Å²) in [6, 6.07) is 27.0. The lowest BCUT2D eigenvalue weighted by atomic mass is 9.99. The van der Waals surface area contributed by atoms with Gasteiger partial charge in [-0.25, -0.2) is 4.79 Å². The molecule has 0 aliphatic heterocycles. The molecule has 0 spiro atoms. The molecule has 4 aromatic carbocycles. The van der Waals surface area contributed by atoms with Crippen molar-refractivity contribution in [2.24, 2.45) is 5.73 Å². The van der Waals surface area contributed by atoms with Crippen LogP contribution in [0, 0.1) is 6.92 Å². The summed E-state index contributed by atoms with van der Waals surface area (Å²) in [6.07, 6.45) is 1.48. The maximum Gasteiger partial charge on any atom is 0.408 e. The van der Waals surface area contributed by atoms with Crippen molar-refractivity contribution in [3.8, 4) is 0 Å². The molecule has 1 aromatic heterocycles. The summed E-state index contributed by atoms with van der Waals surface area (Å²) in [7, 11) is 0. The van der Waals surface area contributed by atoms with Gasteiger partial charge in [0.1, 0.15) is 18.7 Å². The molecule has 0 unspecified atom stereocenters. The van der Waals surface area contributed by atoms with Crippen LogP contribution in [0.4, 0.5) is 4.79 Å². The van der Waals surface area contributed by atoms with Crippen LogP contribution in [0.15, 0.2) is 97.2 Å². The Morgan fingerprint density at radius 3 is 2.22 bits per heavy atom. The fraction of sp³-hybridized carbons (Fsp3) is 0.182. The molecule has 0 radical (unpaired) electrons. The molecule has 0 aliphatic rings. The Hall–Kier alpha value is -5.11. The minimum atomic E-state index is -1.02. The number of nitrogens with two attached hydrogens (primary N) is 1. The van der Waals surface area contributed by atoms with Crippen molar-refractivity contribution >= 4 is 39.6 Å². The predicted molar refractivity (Wildman–Crippen MR) is 159 cm³/mol. The Balaban J connectivity index is 1.34. The van der Waals surface area contributed by atoms with Crippen LogP contribution < -0.4 is 16.4 Å². The zero-order chi connectivity index (χ0) is 28.8. The summed E-state index contributed by atoms with van der Waals surface area (Å²) in [6.45, 7) is 1.97. The third kappa shape index (κ3) is 6.55. The smallest absolute Gasteiger partial charge is 0.408 e. The summed E-state index contributed by atoms with van der Waals surface area (Å²) in [4.78, 5) is 42.1. The van der Waals surface area contributed by atoms with E-state index < -0.39 is 30.0 Å². The number of H-pyrrole nitrogens is 1. The first-order valence-corrected chi connectivity index (χ1v) is 13.5. The molecule has 8 heteroatoms. The third-order valence-electron chi connectivity index (χ3n) is 7.29.